The maximum Gasteiger partial charge on any atom is 0.312 e. The highest BCUT2D eigenvalue weighted by atomic mass is 32.2. The molecule has 0 radical (unpaired) electrons. The number of nitro benzene ring substituents is 1. The van der Waals surface area contributed by atoms with Gasteiger partial charge in [-0.3, -0.25) is 19.6 Å². The standard InChI is InChI=1S/C22H21N3O6S/c1-15(16-8-4-3-5-9-16)23-22(26)18-10-6-7-11-19(18)24-32(29,30)17-12-13-21(31-2)20(14-17)25(27)28/h3-15,24H,1-2H3,(H,23,26). The topological polar surface area (TPSA) is 128 Å². The number of nitro groups is 1. The van der Waals surface area contributed by atoms with E-state index in [0.717, 1.165) is 11.6 Å². The van der Waals surface area contributed by atoms with Gasteiger partial charge in [-0.25, -0.2) is 8.42 Å². The molecule has 9 nitrogen and oxygen atoms in total. The average Bonchev–Trinajstić information content (AvgIpc) is 2.79. The molecule has 0 saturated carbocycles. The number of hydrogen-bond acceptors (Lipinski definition) is 6. The fourth-order valence-electron chi connectivity index (χ4n) is 3.05. The van der Waals surface area contributed by atoms with Crippen molar-refractivity contribution in [3.05, 3.63) is 94.0 Å². The monoisotopic (exact) mass is 455 g/mol. The molecule has 0 saturated heterocycles. The summed E-state index contributed by atoms with van der Waals surface area (Å²) >= 11 is 0. The normalized spacial score (nSPS) is 11.9. The van der Waals surface area contributed by atoms with Crippen LogP contribution in [0.1, 0.15) is 28.9 Å². The van der Waals surface area contributed by atoms with Gasteiger partial charge in [-0.15, -0.1) is 0 Å². The molecular formula is C22H21N3O6S. The van der Waals surface area contributed by atoms with Crippen LogP contribution in [0.4, 0.5) is 11.4 Å². The smallest absolute Gasteiger partial charge is 0.312 e. The van der Waals surface area contributed by atoms with E-state index in [9.17, 15) is 23.3 Å². The minimum Gasteiger partial charge on any atom is -0.490 e. The van der Waals surface area contributed by atoms with Crippen molar-refractivity contribution in [1.82, 2.24) is 5.32 Å². The van der Waals surface area contributed by atoms with E-state index >= 15 is 0 Å². The van der Waals surface area contributed by atoms with Crippen molar-refractivity contribution >= 4 is 27.3 Å². The quantitative estimate of drug-likeness (QED) is 0.392. The largest absolute Gasteiger partial charge is 0.490 e. The van der Waals surface area contributed by atoms with Crippen LogP contribution in [0.2, 0.25) is 0 Å². The van der Waals surface area contributed by atoms with E-state index in [1.807, 2.05) is 37.3 Å². The minimum atomic E-state index is -4.22. The van der Waals surface area contributed by atoms with Crippen LogP contribution in [0, 0.1) is 10.1 Å². The summed E-state index contributed by atoms with van der Waals surface area (Å²) in [5.74, 6) is -0.538. The van der Waals surface area contributed by atoms with Gasteiger partial charge in [0, 0.05) is 6.07 Å². The molecule has 0 aliphatic carbocycles. The summed E-state index contributed by atoms with van der Waals surface area (Å²) < 4.78 is 33.0. The van der Waals surface area contributed by atoms with Crippen LogP contribution in [-0.2, 0) is 10.0 Å². The number of para-hydroxylation sites is 1. The fraction of sp³-hybridized carbons (Fsp3) is 0.136. The number of hydrogen-bond donors (Lipinski definition) is 2. The molecule has 0 aliphatic heterocycles. The van der Waals surface area contributed by atoms with Gasteiger partial charge >= 0.3 is 5.69 Å². The summed E-state index contributed by atoms with van der Waals surface area (Å²) in [6, 6.07) is 18.4. The van der Waals surface area contributed by atoms with E-state index < -0.39 is 26.5 Å². The summed E-state index contributed by atoms with van der Waals surface area (Å²) in [4.78, 5) is 23.0. The molecular weight excluding hydrogens is 434 g/mol. The second-order valence-corrected chi connectivity index (χ2v) is 8.53. The van der Waals surface area contributed by atoms with Crippen LogP contribution in [-0.4, -0.2) is 26.4 Å². The zero-order valence-electron chi connectivity index (χ0n) is 17.3. The maximum atomic E-state index is 12.9. The van der Waals surface area contributed by atoms with E-state index in [0.29, 0.717) is 0 Å². The van der Waals surface area contributed by atoms with E-state index in [4.69, 9.17) is 4.74 Å². The van der Waals surface area contributed by atoms with Crippen LogP contribution in [0.3, 0.4) is 0 Å². The van der Waals surface area contributed by atoms with Gasteiger partial charge < -0.3 is 10.1 Å². The molecule has 0 bridgehead atoms. The maximum absolute atomic E-state index is 12.9. The molecule has 1 unspecified atom stereocenters. The molecule has 166 valence electrons. The summed E-state index contributed by atoms with van der Waals surface area (Å²) in [6.45, 7) is 1.82. The Morgan fingerprint density at radius 2 is 1.69 bits per heavy atom. The third-order valence-corrected chi connectivity index (χ3v) is 6.08. The van der Waals surface area contributed by atoms with Crippen LogP contribution in [0.5, 0.6) is 5.75 Å². The van der Waals surface area contributed by atoms with Gasteiger partial charge in [0.25, 0.3) is 15.9 Å². The minimum absolute atomic E-state index is 0.0451. The number of nitrogens with one attached hydrogen (secondary N) is 2. The lowest BCUT2D eigenvalue weighted by Gasteiger charge is -2.17. The highest BCUT2D eigenvalue weighted by Crippen LogP contribution is 2.30. The Bertz CT molecular complexity index is 1250. The van der Waals surface area contributed by atoms with Gasteiger partial charge in [0.15, 0.2) is 5.75 Å². The number of ether oxygens (including phenoxy) is 1. The number of benzene rings is 3. The van der Waals surface area contributed by atoms with E-state index in [2.05, 4.69) is 10.0 Å². The summed E-state index contributed by atoms with van der Waals surface area (Å²) in [7, 11) is -2.97. The molecule has 1 amide bonds. The van der Waals surface area contributed by atoms with Crippen molar-refractivity contribution in [2.45, 2.75) is 17.9 Å². The predicted molar refractivity (Wildman–Crippen MR) is 119 cm³/mol. The molecule has 3 aromatic carbocycles. The van der Waals surface area contributed by atoms with Gasteiger partial charge in [-0.1, -0.05) is 42.5 Å². The van der Waals surface area contributed by atoms with E-state index in [1.165, 1.54) is 31.4 Å². The third kappa shape index (κ3) is 5.03. The van der Waals surface area contributed by atoms with Crippen LogP contribution >= 0.6 is 0 Å². The molecule has 3 aromatic rings. The number of carbonyl (C=O) groups excluding carboxylic acids is 1. The molecule has 0 aromatic heterocycles. The zero-order valence-corrected chi connectivity index (χ0v) is 18.1. The lowest BCUT2D eigenvalue weighted by molar-refractivity contribution is -0.386. The Hall–Kier alpha value is -3.92. The number of methoxy groups -OCH3 is 1. The van der Waals surface area contributed by atoms with Crippen molar-refractivity contribution in [2.24, 2.45) is 0 Å². The molecule has 0 aliphatic rings. The van der Waals surface area contributed by atoms with Crippen LogP contribution in [0.25, 0.3) is 0 Å². The molecule has 10 heteroatoms. The number of rotatable bonds is 8. The highest BCUT2D eigenvalue weighted by molar-refractivity contribution is 7.92. The Balaban J connectivity index is 1.88. The third-order valence-electron chi connectivity index (χ3n) is 4.72. The lowest BCUT2D eigenvalue weighted by Crippen LogP contribution is -2.28. The number of sulfonamides is 1. The number of nitrogens with zero attached hydrogens (tertiary/aromatic N) is 1. The Kier molecular flexibility index (Phi) is 6.74. The van der Waals surface area contributed by atoms with E-state index in [1.54, 1.807) is 12.1 Å². The number of amides is 1. The first-order valence-electron chi connectivity index (χ1n) is 9.53. The van der Waals surface area contributed by atoms with Crippen LogP contribution in [0.15, 0.2) is 77.7 Å². The Morgan fingerprint density at radius 1 is 1.03 bits per heavy atom. The summed E-state index contributed by atoms with van der Waals surface area (Å²) in [5, 5.41) is 14.1. The first-order chi connectivity index (χ1) is 15.2. The van der Waals surface area contributed by atoms with Crippen molar-refractivity contribution in [3.63, 3.8) is 0 Å². The predicted octanol–water partition coefficient (Wildman–Crippen LogP) is 3.90. The van der Waals surface area contributed by atoms with Gasteiger partial charge in [0.1, 0.15) is 0 Å². The second-order valence-electron chi connectivity index (χ2n) is 6.85. The van der Waals surface area contributed by atoms with Crippen LogP contribution < -0.4 is 14.8 Å². The van der Waals surface area contributed by atoms with Gasteiger partial charge in [0.2, 0.25) is 0 Å². The summed E-state index contributed by atoms with van der Waals surface area (Å²) in [5.41, 5.74) is 0.563. The lowest BCUT2D eigenvalue weighted by atomic mass is 10.1. The van der Waals surface area contributed by atoms with Crippen molar-refractivity contribution in [1.29, 1.82) is 0 Å². The highest BCUT2D eigenvalue weighted by Gasteiger charge is 2.24. The first kappa shape index (κ1) is 22.8. The van der Waals surface area contributed by atoms with Crippen molar-refractivity contribution in [2.75, 3.05) is 11.8 Å². The molecule has 2 N–H and O–H groups in total. The molecule has 1 atom stereocenters. The Labute approximate surface area is 185 Å². The SMILES string of the molecule is COc1ccc(S(=O)(=O)Nc2ccccc2C(=O)NC(C)c2ccccc2)cc1[N+](=O)[O-]. The zero-order chi connectivity index (χ0) is 23.3. The molecule has 32 heavy (non-hydrogen) atoms. The van der Waals surface area contributed by atoms with Crippen molar-refractivity contribution < 1.29 is 22.9 Å². The van der Waals surface area contributed by atoms with Gasteiger partial charge in [0.05, 0.1) is 34.2 Å². The van der Waals surface area contributed by atoms with E-state index in [-0.39, 0.29) is 27.9 Å². The molecule has 0 fully saturated rings. The Morgan fingerprint density at radius 3 is 2.34 bits per heavy atom. The fourth-order valence-corrected chi connectivity index (χ4v) is 4.15. The molecule has 0 spiro atoms. The van der Waals surface area contributed by atoms with Crippen molar-refractivity contribution in [3.8, 4) is 5.75 Å². The number of anilines is 1. The average molecular weight is 455 g/mol. The molecule has 0 heterocycles. The second kappa shape index (κ2) is 9.48. The van der Waals surface area contributed by atoms with Gasteiger partial charge in [-0.2, -0.15) is 0 Å². The molecule has 3 rings (SSSR count). The summed E-state index contributed by atoms with van der Waals surface area (Å²) in [6.07, 6.45) is 0. The first-order valence-corrected chi connectivity index (χ1v) is 11.0. The number of carbonyl (C=O) groups is 1. The van der Waals surface area contributed by atoms with Gasteiger partial charge in [-0.05, 0) is 36.8 Å².